The van der Waals surface area contributed by atoms with Gasteiger partial charge in [0, 0.05) is 28.9 Å². The molecule has 0 bridgehead atoms. The number of benzene rings is 3. The molecule has 28 heavy (non-hydrogen) atoms. The second-order valence-corrected chi connectivity index (χ2v) is 6.03. The molecule has 0 aliphatic rings. The maximum absolute atomic E-state index is 13.0. The topological polar surface area (TPSA) is 110 Å². The Balaban J connectivity index is 2.02. The summed E-state index contributed by atoms with van der Waals surface area (Å²) in [5, 5.41) is 24.5. The van der Waals surface area contributed by atoms with E-state index in [0.717, 1.165) is 0 Å². The van der Waals surface area contributed by atoms with Crippen molar-refractivity contribution in [3.63, 3.8) is 0 Å². The van der Waals surface area contributed by atoms with Crippen molar-refractivity contribution in [2.75, 3.05) is 5.32 Å². The van der Waals surface area contributed by atoms with Crippen LogP contribution in [-0.4, -0.2) is 27.3 Å². The van der Waals surface area contributed by atoms with Crippen LogP contribution in [0, 0.1) is 10.1 Å². The molecule has 7 heteroatoms. The van der Waals surface area contributed by atoms with E-state index < -0.39 is 22.2 Å². The normalized spacial score (nSPS) is 10.9. The molecule has 0 aliphatic carbocycles. The van der Waals surface area contributed by atoms with Gasteiger partial charge < -0.3 is 10.4 Å². The summed E-state index contributed by atoms with van der Waals surface area (Å²) < 4.78 is 0. The first-order valence-electron chi connectivity index (χ1n) is 8.36. The maximum Gasteiger partial charge on any atom is 0.269 e. The van der Waals surface area contributed by atoms with Gasteiger partial charge in [-0.3, -0.25) is 19.7 Å². The number of anilines is 1. The van der Waals surface area contributed by atoms with E-state index in [1.807, 2.05) is 0 Å². The number of nitro benzene ring substituents is 1. The number of hydrogen-bond donors (Lipinski definition) is 2. The van der Waals surface area contributed by atoms with Crippen LogP contribution in [0.15, 0.2) is 84.9 Å². The molecule has 0 unspecified atom stereocenters. The molecule has 0 radical (unpaired) electrons. The van der Waals surface area contributed by atoms with E-state index in [9.17, 15) is 24.8 Å². The summed E-state index contributed by atoms with van der Waals surface area (Å²) in [7, 11) is 0. The number of hydrogen-bond acceptors (Lipinski definition) is 6. The Bertz CT molecular complexity index is 950. The van der Waals surface area contributed by atoms with Crippen molar-refractivity contribution in [2.45, 2.75) is 5.72 Å². The predicted octanol–water partition coefficient (Wildman–Crippen LogP) is 3.46. The number of nitrogens with zero attached hydrogens (tertiary/aromatic N) is 1. The van der Waals surface area contributed by atoms with Crippen LogP contribution in [0.3, 0.4) is 0 Å². The lowest BCUT2D eigenvalue weighted by molar-refractivity contribution is -0.384. The second-order valence-electron chi connectivity index (χ2n) is 6.03. The van der Waals surface area contributed by atoms with Gasteiger partial charge in [-0.05, 0) is 12.1 Å². The van der Waals surface area contributed by atoms with Crippen LogP contribution in [0.1, 0.15) is 20.7 Å². The van der Waals surface area contributed by atoms with E-state index in [4.69, 9.17) is 0 Å². The molecule has 0 heterocycles. The van der Waals surface area contributed by atoms with E-state index in [1.165, 1.54) is 48.5 Å². The number of aliphatic hydroxyl groups is 1. The van der Waals surface area contributed by atoms with Crippen molar-refractivity contribution in [3.8, 4) is 0 Å². The molecular formula is C21H16N2O5. The average molecular weight is 376 g/mol. The third-order valence-corrected chi connectivity index (χ3v) is 4.13. The number of nitro groups is 1. The summed E-state index contributed by atoms with van der Waals surface area (Å²) in [5.41, 5.74) is -2.27. The standard InChI is InChI=1S/C21H16N2O5/c24-19(15-7-3-1-4-8-15)21(26,20(25)16-9-5-2-6-10-16)22-17-11-13-18(14-12-17)23(27)28/h1-14,22,26H. The highest BCUT2D eigenvalue weighted by Crippen LogP contribution is 2.24. The van der Waals surface area contributed by atoms with Crippen molar-refractivity contribution in [3.05, 3.63) is 106 Å². The van der Waals surface area contributed by atoms with Crippen LogP contribution in [0.5, 0.6) is 0 Å². The molecule has 0 saturated heterocycles. The maximum atomic E-state index is 13.0. The molecule has 3 aromatic carbocycles. The third-order valence-electron chi connectivity index (χ3n) is 4.13. The van der Waals surface area contributed by atoms with Gasteiger partial charge >= 0.3 is 0 Å². The van der Waals surface area contributed by atoms with Crippen LogP contribution in [0.2, 0.25) is 0 Å². The predicted molar refractivity (Wildman–Crippen MR) is 103 cm³/mol. The first-order valence-corrected chi connectivity index (χ1v) is 8.36. The molecule has 7 nitrogen and oxygen atoms in total. The minimum atomic E-state index is -2.58. The van der Waals surface area contributed by atoms with Gasteiger partial charge in [0.05, 0.1) is 4.92 Å². The van der Waals surface area contributed by atoms with Crippen LogP contribution >= 0.6 is 0 Å². The van der Waals surface area contributed by atoms with Gasteiger partial charge in [0.2, 0.25) is 11.6 Å². The van der Waals surface area contributed by atoms with Crippen LogP contribution in [0.25, 0.3) is 0 Å². The average Bonchev–Trinajstić information content (AvgIpc) is 2.74. The molecule has 0 fully saturated rings. The quantitative estimate of drug-likeness (QED) is 0.215. The third kappa shape index (κ3) is 3.79. The van der Waals surface area contributed by atoms with E-state index in [2.05, 4.69) is 5.32 Å². The number of rotatable bonds is 7. The Morgan fingerprint density at radius 3 is 1.61 bits per heavy atom. The van der Waals surface area contributed by atoms with Crippen LogP contribution in [0.4, 0.5) is 11.4 Å². The Morgan fingerprint density at radius 2 is 1.21 bits per heavy atom. The Morgan fingerprint density at radius 1 is 0.786 bits per heavy atom. The van der Waals surface area contributed by atoms with E-state index >= 15 is 0 Å². The molecule has 2 N–H and O–H groups in total. The van der Waals surface area contributed by atoms with Crippen molar-refractivity contribution in [1.29, 1.82) is 0 Å². The van der Waals surface area contributed by atoms with Gasteiger partial charge in [0.1, 0.15) is 0 Å². The lowest BCUT2D eigenvalue weighted by Gasteiger charge is -2.27. The fraction of sp³-hybridized carbons (Fsp3) is 0.0476. The summed E-state index contributed by atoms with van der Waals surface area (Å²) in [6.07, 6.45) is 0. The van der Waals surface area contributed by atoms with Gasteiger partial charge in [-0.1, -0.05) is 60.7 Å². The SMILES string of the molecule is O=C(c1ccccc1)C(O)(Nc1ccc([N+](=O)[O-])cc1)C(=O)c1ccccc1. The molecule has 140 valence electrons. The number of carbonyl (C=O) groups is 2. The molecule has 3 aromatic rings. The monoisotopic (exact) mass is 376 g/mol. The molecule has 0 aromatic heterocycles. The minimum absolute atomic E-state index is 0.142. The first-order chi connectivity index (χ1) is 13.4. The van der Waals surface area contributed by atoms with Gasteiger partial charge in [0.15, 0.2) is 0 Å². The van der Waals surface area contributed by atoms with Crippen molar-refractivity contribution < 1.29 is 19.6 Å². The fourth-order valence-corrected chi connectivity index (χ4v) is 2.69. The van der Waals surface area contributed by atoms with Crippen molar-refractivity contribution in [2.24, 2.45) is 0 Å². The Labute approximate surface area is 160 Å². The summed E-state index contributed by atoms with van der Waals surface area (Å²) in [4.78, 5) is 36.3. The Kier molecular flexibility index (Phi) is 5.28. The van der Waals surface area contributed by atoms with E-state index in [-0.39, 0.29) is 22.5 Å². The summed E-state index contributed by atoms with van der Waals surface area (Å²) in [6, 6.07) is 20.9. The fourth-order valence-electron chi connectivity index (χ4n) is 2.69. The largest absolute Gasteiger partial charge is 0.358 e. The minimum Gasteiger partial charge on any atom is -0.358 e. The number of carbonyl (C=O) groups excluding carboxylic acids is 2. The van der Waals surface area contributed by atoms with E-state index in [1.54, 1.807) is 36.4 Å². The van der Waals surface area contributed by atoms with Crippen molar-refractivity contribution >= 4 is 22.9 Å². The van der Waals surface area contributed by atoms with Gasteiger partial charge in [-0.2, -0.15) is 0 Å². The first kappa shape index (κ1) is 18.9. The number of ketones is 2. The van der Waals surface area contributed by atoms with Crippen LogP contribution < -0.4 is 5.32 Å². The number of nitrogens with one attached hydrogen (secondary N) is 1. The smallest absolute Gasteiger partial charge is 0.269 e. The summed E-state index contributed by atoms with van der Waals surface area (Å²) in [6.45, 7) is 0. The van der Waals surface area contributed by atoms with Gasteiger partial charge in [0.25, 0.3) is 11.4 Å². The highest BCUT2D eigenvalue weighted by Gasteiger charge is 2.44. The zero-order valence-corrected chi connectivity index (χ0v) is 14.6. The molecule has 0 aliphatic heterocycles. The molecule has 0 spiro atoms. The molecule has 3 rings (SSSR count). The molecule has 0 atom stereocenters. The van der Waals surface area contributed by atoms with Gasteiger partial charge in [-0.15, -0.1) is 0 Å². The van der Waals surface area contributed by atoms with Crippen molar-refractivity contribution in [1.82, 2.24) is 0 Å². The molecular weight excluding hydrogens is 360 g/mol. The highest BCUT2D eigenvalue weighted by atomic mass is 16.6. The number of non-ortho nitro benzene ring substituents is 1. The summed E-state index contributed by atoms with van der Waals surface area (Å²) >= 11 is 0. The second kappa shape index (κ2) is 7.81. The van der Waals surface area contributed by atoms with Crippen LogP contribution in [-0.2, 0) is 0 Å². The Hall–Kier alpha value is -3.84. The van der Waals surface area contributed by atoms with E-state index in [0.29, 0.717) is 0 Å². The highest BCUT2D eigenvalue weighted by molar-refractivity contribution is 6.23. The zero-order chi connectivity index (χ0) is 20.1. The molecule has 0 saturated carbocycles. The van der Waals surface area contributed by atoms with Gasteiger partial charge in [-0.25, -0.2) is 0 Å². The lowest BCUT2D eigenvalue weighted by atomic mass is 9.92. The lowest BCUT2D eigenvalue weighted by Crippen LogP contribution is -2.53. The number of Topliss-reactive ketones (excluding diaryl/α,β-unsaturated/α-hetero) is 2. The summed E-state index contributed by atoms with van der Waals surface area (Å²) in [5.74, 6) is -1.67. The zero-order valence-electron chi connectivity index (χ0n) is 14.6. The molecule has 0 amide bonds.